The van der Waals surface area contributed by atoms with Crippen molar-refractivity contribution in [3.8, 4) is 5.75 Å². The second-order valence-corrected chi connectivity index (χ2v) is 5.23. The number of nitrogens with two attached hydrogens (primary N) is 1. The minimum atomic E-state index is -0.562. The number of benzene rings is 1. The summed E-state index contributed by atoms with van der Waals surface area (Å²) in [4.78, 5) is 11.9. The molecule has 1 rings (SSSR count). The molecule has 5 heteroatoms. The van der Waals surface area contributed by atoms with Gasteiger partial charge in [-0.3, -0.25) is 4.79 Å². The molecule has 0 aromatic heterocycles. The van der Waals surface area contributed by atoms with Gasteiger partial charge in [0.25, 0.3) is 0 Å². The van der Waals surface area contributed by atoms with E-state index < -0.39 is 5.41 Å². The minimum absolute atomic E-state index is 0. The Morgan fingerprint density at radius 1 is 1.32 bits per heavy atom. The van der Waals surface area contributed by atoms with E-state index in [4.69, 9.17) is 10.5 Å². The van der Waals surface area contributed by atoms with E-state index in [2.05, 4.69) is 5.32 Å². The third-order valence-electron chi connectivity index (χ3n) is 2.61. The Hall–Kier alpha value is -1.26. The van der Waals surface area contributed by atoms with Gasteiger partial charge in [-0.2, -0.15) is 0 Å². The number of carbonyl (C=O) groups is 1. The summed E-state index contributed by atoms with van der Waals surface area (Å²) in [5.74, 6) is 0.712. The number of halogens is 1. The number of rotatable bonds is 5. The van der Waals surface area contributed by atoms with Crippen LogP contribution in [0, 0.1) is 5.41 Å². The number of anilines is 1. The average molecular weight is 287 g/mol. The molecule has 0 atom stereocenters. The molecule has 0 spiro atoms. The number of amides is 1. The van der Waals surface area contributed by atoms with E-state index in [1.54, 1.807) is 0 Å². The van der Waals surface area contributed by atoms with E-state index in [1.165, 1.54) is 0 Å². The van der Waals surface area contributed by atoms with Crippen molar-refractivity contribution in [2.24, 2.45) is 11.1 Å². The molecule has 1 aromatic carbocycles. The van der Waals surface area contributed by atoms with Gasteiger partial charge in [-0.1, -0.05) is 0 Å². The lowest BCUT2D eigenvalue weighted by Gasteiger charge is -2.21. The summed E-state index contributed by atoms with van der Waals surface area (Å²) < 4.78 is 5.53. The third-order valence-corrected chi connectivity index (χ3v) is 2.61. The van der Waals surface area contributed by atoms with Crippen molar-refractivity contribution in [3.05, 3.63) is 24.3 Å². The van der Waals surface area contributed by atoms with Gasteiger partial charge in [0.2, 0.25) is 5.91 Å². The maximum Gasteiger partial charge on any atom is 0.231 e. The van der Waals surface area contributed by atoms with Crippen molar-refractivity contribution in [1.29, 1.82) is 0 Å². The molecule has 0 aliphatic heterocycles. The first kappa shape index (κ1) is 17.7. The molecule has 0 bridgehead atoms. The predicted molar refractivity (Wildman–Crippen MR) is 80.9 cm³/mol. The van der Waals surface area contributed by atoms with Crippen LogP contribution < -0.4 is 15.8 Å². The molecule has 1 aromatic rings. The summed E-state index contributed by atoms with van der Waals surface area (Å²) >= 11 is 0. The van der Waals surface area contributed by atoms with Crippen LogP contribution in [0.15, 0.2) is 24.3 Å². The highest BCUT2D eigenvalue weighted by molar-refractivity contribution is 5.95. The van der Waals surface area contributed by atoms with Crippen molar-refractivity contribution >= 4 is 24.0 Å². The van der Waals surface area contributed by atoms with E-state index >= 15 is 0 Å². The van der Waals surface area contributed by atoms with Gasteiger partial charge in [0.1, 0.15) is 5.75 Å². The number of hydrogen-bond donors (Lipinski definition) is 2. The Labute approximate surface area is 121 Å². The van der Waals surface area contributed by atoms with Gasteiger partial charge in [-0.25, -0.2) is 0 Å². The molecule has 0 saturated heterocycles. The number of ether oxygens (including phenoxy) is 1. The molecule has 1 amide bonds. The summed E-state index contributed by atoms with van der Waals surface area (Å²) in [6.07, 6.45) is 0.140. The summed E-state index contributed by atoms with van der Waals surface area (Å²) in [6, 6.07) is 7.32. The van der Waals surface area contributed by atoms with E-state index in [-0.39, 0.29) is 24.4 Å². The van der Waals surface area contributed by atoms with Crippen LogP contribution in [0.25, 0.3) is 0 Å². The smallest absolute Gasteiger partial charge is 0.231 e. The zero-order valence-electron chi connectivity index (χ0n) is 11.9. The average Bonchev–Trinajstić information content (AvgIpc) is 2.31. The normalized spacial score (nSPS) is 10.8. The lowest BCUT2D eigenvalue weighted by Crippen LogP contribution is -2.37. The van der Waals surface area contributed by atoms with E-state index in [1.807, 2.05) is 52.0 Å². The fraction of sp³-hybridized carbons (Fsp3) is 0.500. The molecule has 0 heterocycles. The quantitative estimate of drug-likeness (QED) is 0.875. The molecule has 3 N–H and O–H groups in total. The van der Waals surface area contributed by atoms with Crippen LogP contribution in [0.1, 0.15) is 27.7 Å². The summed E-state index contributed by atoms with van der Waals surface area (Å²) in [7, 11) is 0. The molecular weight excluding hydrogens is 264 g/mol. The summed E-state index contributed by atoms with van der Waals surface area (Å²) in [5.41, 5.74) is 5.74. The van der Waals surface area contributed by atoms with Gasteiger partial charge in [0.05, 0.1) is 11.5 Å². The van der Waals surface area contributed by atoms with Crippen LogP contribution in [0.4, 0.5) is 5.69 Å². The number of hydrogen-bond acceptors (Lipinski definition) is 3. The van der Waals surface area contributed by atoms with Gasteiger partial charge >= 0.3 is 0 Å². The molecule has 0 saturated carbocycles. The third kappa shape index (κ3) is 5.49. The zero-order chi connectivity index (χ0) is 13.8. The highest BCUT2D eigenvalue weighted by Crippen LogP contribution is 2.20. The molecule has 4 nitrogen and oxygen atoms in total. The topological polar surface area (TPSA) is 64.3 Å². The molecular formula is C14H23ClN2O2. The van der Waals surface area contributed by atoms with Crippen LogP contribution in [0.2, 0.25) is 0 Å². The Balaban J connectivity index is 0.00000324. The van der Waals surface area contributed by atoms with Crippen molar-refractivity contribution in [2.45, 2.75) is 33.8 Å². The Morgan fingerprint density at radius 3 is 2.26 bits per heavy atom. The number of carbonyl (C=O) groups excluding carboxylic acids is 1. The van der Waals surface area contributed by atoms with Gasteiger partial charge < -0.3 is 15.8 Å². The van der Waals surface area contributed by atoms with E-state index in [9.17, 15) is 4.79 Å². The van der Waals surface area contributed by atoms with Crippen molar-refractivity contribution in [1.82, 2.24) is 0 Å². The van der Waals surface area contributed by atoms with E-state index in [0.29, 0.717) is 6.54 Å². The van der Waals surface area contributed by atoms with Crippen LogP contribution in [-0.4, -0.2) is 18.6 Å². The highest BCUT2D eigenvalue weighted by atomic mass is 35.5. The Kier molecular flexibility index (Phi) is 6.87. The van der Waals surface area contributed by atoms with Gasteiger partial charge in [-0.15, -0.1) is 12.4 Å². The molecule has 0 unspecified atom stereocenters. The van der Waals surface area contributed by atoms with Crippen molar-refractivity contribution in [3.63, 3.8) is 0 Å². The molecule has 0 radical (unpaired) electrons. The first-order valence-electron chi connectivity index (χ1n) is 6.13. The van der Waals surface area contributed by atoms with Crippen molar-refractivity contribution < 1.29 is 9.53 Å². The van der Waals surface area contributed by atoms with Crippen LogP contribution >= 0.6 is 12.4 Å². The van der Waals surface area contributed by atoms with Crippen LogP contribution in [0.5, 0.6) is 5.75 Å². The maximum atomic E-state index is 11.9. The zero-order valence-corrected chi connectivity index (χ0v) is 12.7. The summed E-state index contributed by atoms with van der Waals surface area (Å²) in [6.45, 7) is 7.89. The molecule has 0 aliphatic carbocycles. The minimum Gasteiger partial charge on any atom is -0.491 e. The SMILES string of the molecule is CC(C)Oc1ccc(NC(=O)C(C)(C)CN)cc1.Cl. The highest BCUT2D eigenvalue weighted by Gasteiger charge is 2.25. The molecule has 0 aliphatic rings. The fourth-order valence-corrected chi connectivity index (χ4v) is 1.28. The second kappa shape index (κ2) is 7.36. The first-order valence-corrected chi connectivity index (χ1v) is 6.13. The Bertz CT molecular complexity index is 402. The van der Waals surface area contributed by atoms with Crippen molar-refractivity contribution in [2.75, 3.05) is 11.9 Å². The second-order valence-electron chi connectivity index (χ2n) is 5.23. The standard InChI is InChI=1S/C14H22N2O2.ClH/c1-10(2)18-12-7-5-11(6-8-12)16-13(17)14(3,4)9-15;/h5-8,10H,9,15H2,1-4H3,(H,16,17);1H. The van der Waals surface area contributed by atoms with E-state index in [0.717, 1.165) is 11.4 Å². The number of nitrogens with one attached hydrogen (secondary N) is 1. The largest absolute Gasteiger partial charge is 0.491 e. The van der Waals surface area contributed by atoms with Crippen LogP contribution in [0.3, 0.4) is 0 Å². The first-order chi connectivity index (χ1) is 8.35. The van der Waals surface area contributed by atoms with Crippen LogP contribution in [-0.2, 0) is 4.79 Å². The summed E-state index contributed by atoms with van der Waals surface area (Å²) in [5, 5.41) is 2.84. The Morgan fingerprint density at radius 2 is 1.84 bits per heavy atom. The fourth-order valence-electron chi connectivity index (χ4n) is 1.28. The van der Waals surface area contributed by atoms with Gasteiger partial charge in [0, 0.05) is 12.2 Å². The lowest BCUT2D eigenvalue weighted by molar-refractivity contribution is -0.123. The monoisotopic (exact) mass is 286 g/mol. The van der Waals surface area contributed by atoms with Gasteiger partial charge in [-0.05, 0) is 52.0 Å². The molecule has 19 heavy (non-hydrogen) atoms. The maximum absolute atomic E-state index is 11.9. The lowest BCUT2D eigenvalue weighted by atomic mass is 9.92. The van der Waals surface area contributed by atoms with Gasteiger partial charge in [0.15, 0.2) is 0 Å². The molecule has 0 fully saturated rings. The molecule has 108 valence electrons. The predicted octanol–water partition coefficient (Wildman–Crippen LogP) is 2.82.